The van der Waals surface area contributed by atoms with Crippen LogP contribution in [-0.2, 0) is 6.54 Å². The van der Waals surface area contributed by atoms with Gasteiger partial charge in [-0.05, 0) is 35.9 Å². The largest absolute Gasteiger partial charge is 0.380 e. The summed E-state index contributed by atoms with van der Waals surface area (Å²) in [4.78, 5) is 0. The highest BCUT2D eigenvalue weighted by Crippen LogP contribution is 2.23. The minimum absolute atomic E-state index is 0.546. The molecule has 0 aliphatic heterocycles. The lowest BCUT2D eigenvalue weighted by atomic mass is 10.1. The lowest BCUT2D eigenvalue weighted by Gasteiger charge is -2.09. The summed E-state index contributed by atoms with van der Waals surface area (Å²) in [7, 11) is 0. The second kappa shape index (κ2) is 5.91. The van der Waals surface area contributed by atoms with Gasteiger partial charge < -0.3 is 5.32 Å². The van der Waals surface area contributed by atoms with Crippen LogP contribution in [0.4, 0.5) is 5.69 Å². The van der Waals surface area contributed by atoms with Crippen LogP contribution < -0.4 is 5.32 Å². The van der Waals surface area contributed by atoms with Gasteiger partial charge in [-0.25, -0.2) is 0 Å². The van der Waals surface area contributed by atoms with Gasteiger partial charge in [0, 0.05) is 6.54 Å². The fourth-order valence-corrected chi connectivity index (χ4v) is 1.86. The Hall–Kier alpha value is -2.49. The maximum absolute atomic E-state index is 8.85. The van der Waals surface area contributed by atoms with Crippen molar-refractivity contribution in [2.24, 2.45) is 0 Å². The summed E-state index contributed by atoms with van der Waals surface area (Å²) in [6.45, 7) is 0.546. The lowest BCUT2D eigenvalue weighted by molar-refractivity contribution is 1.15. The average Bonchev–Trinajstić information content (AvgIpc) is 2.46. The molecule has 1 N–H and O–H groups in total. The van der Waals surface area contributed by atoms with Crippen LogP contribution in [0.15, 0.2) is 42.5 Å². The summed E-state index contributed by atoms with van der Waals surface area (Å²) in [5.41, 5.74) is 2.87. The van der Waals surface area contributed by atoms with Crippen molar-refractivity contribution in [3.8, 4) is 12.1 Å². The normalized spacial score (nSPS) is 9.42. The number of nitriles is 2. The zero-order valence-corrected chi connectivity index (χ0v) is 10.8. The molecule has 0 fully saturated rings. The first-order valence-corrected chi connectivity index (χ1v) is 6.03. The summed E-state index contributed by atoms with van der Waals surface area (Å²) in [6.07, 6.45) is 0. The monoisotopic (exact) mass is 267 g/mol. The number of nitrogens with zero attached hydrogens (tertiary/aromatic N) is 2. The van der Waals surface area contributed by atoms with E-state index in [1.807, 2.05) is 18.2 Å². The maximum Gasteiger partial charge on any atom is 0.0992 e. The van der Waals surface area contributed by atoms with Gasteiger partial charge in [0.1, 0.15) is 0 Å². The van der Waals surface area contributed by atoms with Crippen LogP contribution in [0.3, 0.4) is 0 Å². The van der Waals surface area contributed by atoms with Gasteiger partial charge in [0.15, 0.2) is 0 Å². The topological polar surface area (TPSA) is 59.6 Å². The third-order valence-electron chi connectivity index (χ3n) is 2.63. The highest BCUT2D eigenvalue weighted by atomic mass is 35.5. The molecule has 2 aromatic rings. The summed E-state index contributed by atoms with van der Waals surface area (Å²) in [6, 6.07) is 16.6. The second-order valence-corrected chi connectivity index (χ2v) is 4.38. The number of hydrogen-bond donors (Lipinski definition) is 1. The van der Waals surface area contributed by atoms with Gasteiger partial charge in [-0.15, -0.1) is 0 Å². The third-order valence-corrected chi connectivity index (χ3v) is 2.96. The molecule has 3 nitrogen and oxygen atoms in total. The van der Waals surface area contributed by atoms with Crippen molar-refractivity contribution < 1.29 is 0 Å². The lowest BCUT2D eigenvalue weighted by Crippen LogP contribution is -2.00. The van der Waals surface area contributed by atoms with Crippen LogP contribution in [0.1, 0.15) is 16.7 Å². The molecule has 0 atom stereocenters. The van der Waals surface area contributed by atoms with Gasteiger partial charge in [-0.3, -0.25) is 0 Å². The molecule has 0 aromatic heterocycles. The Morgan fingerprint density at radius 1 is 1.00 bits per heavy atom. The Bertz CT molecular complexity index is 681. The number of rotatable bonds is 3. The molecule has 0 aliphatic rings. The summed E-state index contributed by atoms with van der Waals surface area (Å²) in [5, 5.41) is 21.4. The molecule has 0 unspecified atom stereocenters. The summed E-state index contributed by atoms with van der Waals surface area (Å²) < 4.78 is 0. The molecule has 0 amide bonds. The summed E-state index contributed by atoms with van der Waals surface area (Å²) in [5.74, 6) is 0. The molecule has 0 heterocycles. The molecule has 2 aromatic carbocycles. The van der Waals surface area contributed by atoms with E-state index in [4.69, 9.17) is 22.1 Å². The van der Waals surface area contributed by atoms with E-state index in [1.165, 1.54) is 0 Å². The number of hydrogen-bond acceptors (Lipinski definition) is 3. The zero-order chi connectivity index (χ0) is 13.7. The van der Waals surface area contributed by atoms with Crippen molar-refractivity contribution in [2.45, 2.75) is 6.54 Å². The van der Waals surface area contributed by atoms with Crippen molar-refractivity contribution in [3.63, 3.8) is 0 Å². The molecule has 0 saturated heterocycles. The fourth-order valence-electron chi connectivity index (χ4n) is 1.68. The standard InChI is InChI=1S/C15H10ClN3/c16-14-5-4-12(9-18)7-15(14)19-10-13-3-1-2-11(6-13)8-17/h1-7,19H,10H2. The second-order valence-electron chi connectivity index (χ2n) is 3.97. The highest BCUT2D eigenvalue weighted by molar-refractivity contribution is 6.33. The molecule has 19 heavy (non-hydrogen) atoms. The molecular weight excluding hydrogens is 258 g/mol. The Balaban J connectivity index is 2.14. The molecule has 2 rings (SSSR count). The molecule has 0 saturated carbocycles. The first-order chi connectivity index (χ1) is 9.22. The molecule has 0 aliphatic carbocycles. The van der Waals surface area contributed by atoms with Crippen molar-refractivity contribution in [1.29, 1.82) is 10.5 Å². The van der Waals surface area contributed by atoms with Gasteiger partial charge in [-0.2, -0.15) is 10.5 Å². The van der Waals surface area contributed by atoms with Crippen LogP contribution in [-0.4, -0.2) is 0 Å². The molecular formula is C15H10ClN3. The number of halogens is 1. The van der Waals surface area contributed by atoms with E-state index in [0.717, 1.165) is 5.56 Å². The molecule has 0 bridgehead atoms. The minimum Gasteiger partial charge on any atom is -0.380 e. The van der Waals surface area contributed by atoms with E-state index in [2.05, 4.69) is 17.5 Å². The highest BCUT2D eigenvalue weighted by Gasteiger charge is 2.02. The fraction of sp³-hybridized carbons (Fsp3) is 0.0667. The van der Waals surface area contributed by atoms with Crippen molar-refractivity contribution in [1.82, 2.24) is 0 Å². The van der Waals surface area contributed by atoms with Gasteiger partial charge in [0.05, 0.1) is 34.0 Å². The molecule has 4 heteroatoms. The van der Waals surface area contributed by atoms with Crippen LogP contribution >= 0.6 is 11.6 Å². The predicted octanol–water partition coefficient (Wildman–Crippen LogP) is 3.70. The Labute approximate surface area is 116 Å². The molecule has 0 radical (unpaired) electrons. The first kappa shape index (κ1) is 13.0. The summed E-state index contributed by atoms with van der Waals surface area (Å²) >= 11 is 6.05. The van der Waals surface area contributed by atoms with Gasteiger partial charge >= 0.3 is 0 Å². The van der Waals surface area contributed by atoms with Crippen molar-refractivity contribution in [2.75, 3.05) is 5.32 Å². The van der Waals surface area contributed by atoms with Crippen LogP contribution in [0.2, 0.25) is 5.02 Å². The number of benzene rings is 2. The van der Waals surface area contributed by atoms with E-state index >= 15 is 0 Å². The Morgan fingerprint density at radius 2 is 1.74 bits per heavy atom. The van der Waals surface area contributed by atoms with E-state index in [0.29, 0.717) is 28.4 Å². The first-order valence-electron chi connectivity index (χ1n) is 5.65. The zero-order valence-electron chi connectivity index (χ0n) is 10.0. The third kappa shape index (κ3) is 3.25. The van der Waals surface area contributed by atoms with Crippen molar-refractivity contribution in [3.05, 3.63) is 64.2 Å². The van der Waals surface area contributed by atoms with Crippen LogP contribution in [0.25, 0.3) is 0 Å². The van der Waals surface area contributed by atoms with Gasteiger partial charge in [0.2, 0.25) is 0 Å². The predicted molar refractivity (Wildman–Crippen MR) is 74.7 cm³/mol. The maximum atomic E-state index is 8.85. The van der Waals surface area contributed by atoms with Crippen LogP contribution in [0, 0.1) is 22.7 Å². The molecule has 92 valence electrons. The van der Waals surface area contributed by atoms with Gasteiger partial charge in [0.25, 0.3) is 0 Å². The average molecular weight is 268 g/mol. The molecule has 0 spiro atoms. The Kier molecular flexibility index (Phi) is 4.03. The number of nitrogens with one attached hydrogen (secondary N) is 1. The smallest absolute Gasteiger partial charge is 0.0992 e. The van der Waals surface area contributed by atoms with E-state index in [-0.39, 0.29) is 0 Å². The van der Waals surface area contributed by atoms with Gasteiger partial charge in [-0.1, -0.05) is 23.7 Å². The van der Waals surface area contributed by atoms with E-state index in [9.17, 15) is 0 Å². The van der Waals surface area contributed by atoms with E-state index in [1.54, 1.807) is 24.3 Å². The minimum atomic E-state index is 0.546. The SMILES string of the molecule is N#Cc1cccc(CNc2cc(C#N)ccc2Cl)c1. The van der Waals surface area contributed by atoms with Crippen LogP contribution in [0.5, 0.6) is 0 Å². The Morgan fingerprint density at radius 3 is 2.47 bits per heavy atom. The van der Waals surface area contributed by atoms with E-state index < -0.39 is 0 Å². The number of anilines is 1. The quantitative estimate of drug-likeness (QED) is 0.922. The van der Waals surface area contributed by atoms with Crippen molar-refractivity contribution >= 4 is 17.3 Å².